The van der Waals surface area contributed by atoms with E-state index >= 15 is 0 Å². The highest BCUT2D eigenvalue weighted by Crippen LogP contribution is 2.36. The number of benzene rings is 2. The van der Waals surface area contributed by atoms with Crippen LogP contribution in [0.3, 0.4) is 0 Å². The summed E-state index contributed by atoms with van der Waals surface area (Å²) < 4.78 is 13.5. The highest BCUT2D eigenvalue weighted by Gasteiger charge is 2.35. The Morgan fingerprint density at radius 2 is 1.82 bits per heavy atom. The second-order valence-corrected chi connectivity index (χ2v) is 15.7. The summed E-state index contributed by atoms with van der Waals surface area (Å²) in [7, 11) is 2.15. The summed E-state index contributed by atoms with van der Waals surface area (Å²) in [6.07, 6.45) is 2.50. The molecule has 0 spiro atoms. The predicted molar refractivity (Wildman–Crippen MR) is 186 cm³/mol. The van der Waals surface area contributed by atoms with Crippen LogP contribution in [-0.4, -0.2) is 93.7 Å². The number of phenols is 1. The number of phenolic OH excluding ortho intramolecular Hbond substituents is 1. The number of alkyl carbamates (subject to hydrolysis) is 1. The van der Waals surface area contributed by atoms with Crippen molar-refractivity contribution in [3.05, 3.63) is 47.7 Å². The molecule has 1 aromatic heterocycles. The maximum Gasteiger partial charge on any atom is 0.408 e. The fourth-order valence-corrected chi connectivity index (χ4v) is 7.05. The van der Waals surface area contributed by atoms with Crippen LogP contribution in [0.15, 0.2) is 36.4 Å². The highest BCUT2D eigenvalue weighted by molar-refractivity contribution is 5.88. The lowest BCUT2D eigenvalue weighted by Crippen LogP contribution is -2.60. The van der Waals surface area contributed by atoms with E-state index in [4.69, 9.17) is 14.6 Å². The number of ether oxygens (including phenoxy) is 2. The van der Waals surface area contributed by atoms with Crippen LogP contribution < -0.4 is 10.7 Å². The normalized spacial score (nSPS) is 22.8. The number of hydrazine groups is 1. The van der Waals surface area contributed by atoms with Crippen LogP contribution in [0.1, 0.15) is 77.5 Å². The molecule has 3 aromatic rings. The Labute approximate surface area is 288 Å². The standard InChI is InChI=1S/C37H50N6O6/c1-36(2,3)49-35(47)38-30-18-23-16-26(19-27(44)17-23)25-9-10-28-31(20-25)43(40-32(28)24-11-14-41(6)15-12-24)21-37(4,5)22-48-34(46)29-8-7-13-42(39-29)33(30)45/h9-10,16-17,19-20,24,29-30,39,44H,7-8,11-15,18,21-22H2,1-6H3,(H,38,47)/t29-,30-/m0/s1. The summed E-state index contributed by atoms with van der Waals surface area (Å²) in [5, 5.41) is 21.4. The summed E-state index contributed by atoms with van der Waals surface area (Å²) in [4.78, 5) is 42.7. The maximum atomic E-state index is 14.0. The molecular formula is C37H50N6O6. The average molecular weight is 675 g/mol. The third-order valence-electron chi connectivity index (χ3n) is 9.54. The monoisotopic (exact) mass is 674 g/mol. The first-order chi connectivity index (χ1) is 23.1. The second kappa shape index (κ2) is 13.6. The molecule has 2 amide bonds. The number of carbonyl (C=O) groups excluding carboxylic acids is 3. The first-order valence-corrected chi connectivity index (χ1v) is 17.4. The number of amides is 2. The number of rotatable bonds is 2. The van der Waals surface area contributed by atoms with Gasteiger partial charge in [-0.1, -0.05) is 32.0 Å². The lowest BCUT2D eigenvalue weighted by atomic mass is 9.91. The summed E-state index contributed by atoms with van der Waals surface area (Å²) in [6.45, 7) is 12.5. The number of likely N-dealkylation sites (tertiary alicyclic amines) is 1. The SMILES string of the molecule is CN1CCC(c2nn3c4cc(ccc24)-c2cc(O)cc(c2)C[C@H](NC(=O)OC(C)(C)C)C(=O)N2CCC[C@H](N2)C(=O)OCC(C)(C)C3)CC1. The average Bonchev–Trinajstić information content (AvgIpc) is 3.38. The number of esters is 1. The Morgan fingerprint density at radius 3 is 2.55 bits per heavy atom. The molecule has 0 unspecified atom stereocenters. The minimum Gasteiger partial charge on any atom is -0.508 e. The Kier molecular flexibility index (Phi) is 9.65. The van der Waals surface area contributed by atoms with E-state index in [-0.39, 0.29) is 18.8 Å². The van der Waals surface area contributed by atoms with E-state index in [9.17, 15) is 19.5 Å². The molecule has 264 valence electrons. The molecule has 3 aliphatic heterocycles. The number of nitrogens with zero attached hydrogens (tertiary/aromatic N) is 4. The zero-order chi connectivity index (χ0) is 35.1. The van der Waals surface area contributed by atoms with Crippen molar-refractivity contribution in [3.63, 3.8) is 0 Å². The van der Waals surface area contributed by atoms with E-state index in [0.717, 1.165) is 53.7 Å². The topological polar surface area (TPSA) is 138 Å². The number of cyclic esters (lactones) is 1. The molecule has 2 aromatic carbocycles. The molecule has 12 nitrogen and oxygen atoms in total. The minimum atomic E-state index is -1.04. The van der Waals surface area contributed by atoms with Gasteiger partial charge in [0.25, 0.3) is 5.91 Å². The molecule has 49 heavy (non-hydrogen) atoms. The number of piperidine rings is 1. The summed E-state index contributed by atoms with van der Waals surface area (Å²) in [5.41, 5.74) is 6.21. The van der Waals surface area contributed by atoms with Crippen molar-refractivity contribution >= 4 is 28.9 Å². The van der Waals surface area contributed by atoms with Crippen LogP contribution in [0, 0.1) is 5.41 Å². The van der Waals surface area contributed by atoms with Crippen molar-refractivity contribution in [3.8, 4) is 16.9 Å². The number of hydrogen-bond acceptors (Lipinski definition) is 9. The third kappa shape index (κ3) is 8.18. The molecule has 6 rings (SSSR count). The molecule has 2 fully saturated rings. The van der Waals surface area contributed by atoms with Crippen molar-refractivity contribution in [2.24, 2.45) is 5.41 Å². The second-order valence-electron chi connectivity index (χ2n) is 15.7. The number of aromatic hydroxyl groups is 1. The van der Waals surface area contributed by atoms with Gasteiger partial charge in [-0.15, -0.1) is 0 Å². The Morgan fingerprint density at radius 1 is 1.06 bits per heavy atom. The summed E-state index contributed by atoms with van der Waals surface area (Å²) >= 11 is 0. The van der Waals surface area contributed by atoms with Crippen molar-refractivity contribution < 1.29 is 29.0 Å². The Hall–Kier alpha value is -4.16. The van der Waals surface area contributed by atoms with Gasteiger partial charge in [0.05, 0.1) is 17.8 Å². The Bertz CT molecular complexity index is 1720. The largest absolute Gasteiger partial charge is 0.508 e. The maximum absolute atomic E-state index is 14.0. The molecule has 2 atom stereocenters. The van der Waals surface area contributed by atoms with Crippen LogP contribution in [0.2, 0.25) is 0 Å². The zero-order valence-electron chi connectivity index (χ0n) is 29.5. The van der Waals surface area contributed by atoms with Gasteiger partial charge in [-0.2, -0.15) is 5.10 Å². The van der Waals surface area contributed by atoms with Crippen LogP contribution >= 0.6 is 0 Å². The number of hydrogen-bond donors (Lipinski definition) is 3. The molecule has 3 N–H and O–H groups in total. The van der Waals surface area contributed by atoms with Crippen molar-refractivity contribution in [2.75, 3.05) is 33.3 Å². The van der Waals surface area contributed by atoms with Crippen molar-refractivity contribution in [1.82, 2.24) is 30.4 Å². The van der Waals surface area contributed by atoms with Gasteiger partial charge in [-0.05, 0) is 101 Å². The number of fused-ring (bicyclic) bond motifs is 6. The van der Waals surface area contributed by atoms with Gasteiger partial charge in [0, 0.05) is 36.2 Å². The quantitative estimate of drug-likeness (QED) is 0.330. The molecule has 0 aliphatic carbocycles. The van der Waals surface area contributed by atoms with E-state index in [1.54, 1.807) is 32.9 Å². The van der Waals surface area contributed by atoms with Gasteiger partial charge in [0.15, 0.2) is 0 Å². The summed E-state index contributed by atoms with van der Waals surface area (Å²) in [5.74, 6) is -0.457. The molecule has 0 saturated carbocycles. The number of aromatic nitrogens is 2. The van der Waals surface area contributed by atoms with Crippen LogP contribution in [-0.2, 0) is 32.0 Å². The van der Waals surface area contributed by atoms with Crippen LogP contribution in [0.5, 0.6) is 5.75 Å². The van der Waals surface area contributed by atoms with E-state index in [1.165, 1.54) is 5.01 Å². The molecular weight excluding hydrogens is 624 g/mol. The van der Waals surface area contributed by atoms with E-state index in [0.29, 0.717) is 37.4 Å². The van der Waals surface area contributed by atoms with E-state index in [2.05, 4.69) is 54.7 Å². The van der Waals surface area contributed by atoms with E-state index < -0.39 is 41.1 Å². The molecule has 2 saturated heterocycles. The molecule has 12 heteroatoms. The lowest BCUT2D eigenvalue weighted by Gasteiger charge is -2.35. The van der Waals surface area contributed by atoms with E-state index in [1.807, 2.05) is 10.7 Å². The number of nitrogens with one attached hydrogen (secondary N) is 2. The van der Waals surface area contributed by atoms with Gasteiger partial charge in [-0.3, -0.25) is 19.3 Å². The minimum absolute atomic E-state index is 0.0473. The van der Waals surface area contributed by atoms with Gasteiger partial charge in [0.2, 0.25) is 0 Å². The molecule has 3 aliphatic rings. The molecule has 0 radical (unpaired) electrons. The van der Waals surface area contributed by atoms with Gasteiger partial charge in [-0.25, -0.2) is 10.2 Å². The Balaban J connectivity index is 1.43. The van der Waals surface area contributed by atoms with Gasteiger partial charge < -0.3 is 24.8 Å². The lowest BCUT2D eigenvalue weighted by molar-refractivity contribution is -0.155. The summed E-state index contributed by atoms with van der Waals surface area (Å²) in [6, 6.07) is 9.77. The van der Waals surface area contributed by atoms with Gasteiger partial charge in [0.1, 0.15) is 23.4 Å². The zero-order valence-corrected chi connectivity index (χ0v) is 29.5. The highest BCUT2D eigenvalue weighted by atomic mass is 16.6. The number of carbonyl (C=O) groups is 3. The first-order valence-electron chi connectivity index (χ1n) is 17.4. The fraction of sp³-hybridized carbons (Fsp3) is 0.568. The van der Waals surface area contributed by atoms with Crippen molar-refractivity contribution in [2.45, 2.75) is 96.9 Å². The smallest absolute Gasteiger partial charge is 0.408 e. The van der Waals surface area contributed by atoms with Gasteiger partial charge >= 0.3 is 12.1 Å². The molecule has 4 heterocycles. The van der Waals surface area contributed by atoms with Crippen LogP contribution in [0.4, 0.5) is 4.79 Å². The first kappa shape index (κ1) is 34.7. The van der Waals surface area contributed by atoms with Crippen molar-refractivity contribution in [1.29, 1.82) is 0 Å². The predicted octanol–water partition coefficient (Wildman–Crippen LogP) is 4.73. The third-order valence-corrected chi connectivity index (χ3v) is 9.54. The fourth-order valence-electron chi connectivity index (χ4n) is 7.05. The van der Waals surface area contributed by atoms with Crippen LogP contribution in [0.25, 0.3) is 22.0 Å². The molecule has 6 bridgehead atoms.